The SMILES string of the molecule is Cc1cc(O)cc(C)c1C[C@@H](NC(=O)[C@@H](CCCNC(=N)N)NC(=O)O)C(=O)N[C@@H](CCCCNC(=O)OC(C)(C)C)c1nc(Cc2ccccc2)no1. The third-order valence-electron chi connectivity index (χ3n) is 8.21. The number of unbranched alkanes of at least 4 members (excludes halogenated alkanes) is 1. The fourth-order valence-corrected chi connectivity index (χ4v) is 5.69. The fraction of sp³-hybridized carbons (Fsp3) is 0.486. The number of nitrogens with two attached hydrogens (primary N) is 1. The summed E-state index contributed by atoms with van der Waals surface area (Å²) in [6.45, 7) is 9.40. The Balaban J connectivity index is 1.87. The van der Waals surface area contributed by atoms with Crippen LogP contribution in [0, 0.1) is 19.3 Å². The predicted molar refractivity (Wildman–Crippen MR) is 200 cm³/mol. The minimum Gasteiger partial charge on any atom is -0.508 e. The Hall–Kier alpha value is -5.87. The predicted octanol–water partition coefficient (Wildman–Crippen LogP) is 3.46. The second-order valence-corrected chi connectivity index (χ2v) is 14.0. The van der Waals surface area contributed by atoms with Crippen molar-refractivity contribution in [3.63, 3.8) is 0 Å². The summed E-state index contributed by atoms with van der Waals surface area (Å²) in [5.41, 5.74) is 7.73. The first-order valence-electron chi connectivity index (χ1n) is 17.8. The van der Waals surface area contributed by atoms with Crippen molar-refractivity contribution < 1.29 is 38.7 Å². The van der Waals surface area contributed by atoms with E-state index >= 15 is 0 Å². The van der Waals surface area contributed by atoms with Crippen molar-refractivity contribution in [2.75, 3.05) is 13.1 Å². The van der Waals surface area contributed by atoms with E-state index in [9.17, 15) is 29.4 Å². The van der Waals surface area contributed by atoms with Gasteiger partial charge in [0, 0.05) is 25.9 Å². The molecule has 4 amide bonds. The van der Waals surface area contributed by atoms with E-state index in [1.54, 1.807) is 46.8 Å². The molecule has 0 radical (unpaired) electrons. The summed E-state index contributed by atoms with van der Waals surface area (Å²) in [6.07, 6.45) is 0.156. The van der Waals surface area contributed by atoms with Crippen LogP contribution in [0.25, 0.3) is 0 Å². The summed E-state index contributed by atoms with van der Waals surface area (Å²) in [4.78, 5) is 56.2. The van der Waals surface area contributed by atoms with Crippen molar-refractivity contribution in [3.8, 4) is 5.75 Å². The first kappa shape index (κ1) is 42.5. The minimum absolute atomic E-state index is 0.0107. The molecule has 0 unspecified atom stereocenters. The number of hydrogen-bond acceptors (Lipinski definition) is 10. The highest BCUT2D eigenvalue weighted by molar-refractivity contribution is 5.91. The topological polar surface area (TPSA) is 267 Å². The summed E-state index contributed by atoms with van der Waals surface area (Å²) in [5.74, 6) is -0.984. The number of carbonyl (C=O) groups excluding carboxylic acids is 3. The van der Waals surface area contributed by atoms with E-state index in [4.69, 9.17) is 20.4 Å². The van der Waals surface area contributed by atoms with Crippen LogP contribution in [0.3, 0.4) is 0 Å². The van der Waals surface area contributed by atoms with E-state index in [0.29, 0.717) is 61.2 Å². The number of benzene rings is 2. The number of nitrogens with one attached hydrogen (secondary N) is 6. The zero-order chi connectivity index (χ0) is 39.8. The van der Waals surface area contributed by atoms with Gasteiger partial charge in [-0.25, -0.2) is 9.59 Å². The number of alkyl carbamates (subject to hydrolysis) is 1. The van der Waals surface area contributed by atoms with Crippen LogP contribution >= 0.6 is 0 Å². The highest BCUT2D eigenvalue weighted by Gasteiger charge is 2.31. The van der Waals surface area contributed by atoms with E-state index in [1.807, 2.05) is 30.3 Å². The van der Waals surface area contributed by atoms with Gasteiger partial charge in [-0.2, -0.15) is 4.98 Å². The van der Waals surface area contributed by atoms with Crippen molar-refractivity contribution in [2.24, 2.45) is 5.73 Å². The number of phenolic OH excluding ortho intramolecular Hbond substituents is 1. The quantitative estimate of drug-likeness (QED) is 0.0484. The van der Waals surface area contributed by atoms with Crippen LogP contribution in [0.15, 0.2) is 47.0 Å². The molecule has 0 aliphatic rings. The highest BCUT2D eigenvalue weighted by atomic mass is 16.6. The number of carbonyl (C=O) groups is 4. The number of hydrogen-bond donors (Lipinski definition) is 9. The van der Waals surface area contributed by atoms with Crippen LogP contribution in [0.4, 0.5) is 9.59 Å². The Labute approximate surface area is 314 Å². The molecule has 294 valence electrons. The molecule has 0 aliphatic carbocycles. The van der Waals surface area contributed by atoms with Gasteiger partial charge in [-0.05, 0) is 101 Å². The van der Waals surface area contributed by atoms with Gasteiger partial charge >= 0.3 is 12.2 Å². The molecule has 0 saturated heterocycles. The first-order valence-corrected chi connectivity index (χ1v) is 17.8. The summed E-state index contributed by atoms with van der Waals surface area (Å²) in [7, 11) is 0. The normalized spacial score (nSPS) is 12.8. The lowest BCUT2D eigenvalue weighted by atomic mass is 9.95. The Bertz CT molecular complexity index is 1700. The second-order valence-electron chi connectivity index (χ2n) is 14.0. The molecule has 1 aromatic heterocycles. The molecule has 0 saturated carbocycles. The van der Waals surface area contributed by atoms with Gasteiger partial charge < -0.3 is 51.8 Å². The van der Waals surface area contributed by atoms with Gasteiger partial charge in [0.15, 0.2) is 11.8 Å². The molecule has 17 nitrogen and oxygen atoms in total. The maximum atomic E-state index is 14.2. The first-order chi connectivity index (χ1) is 25.5. The molecule has 3 atom stereocenters. The third kappa shape index (κ3) is 15.0. The molecule has 10 N–H and O–H groups in total. The van der Waals surface area contributed by atoms with Crippen LogP contribution < -0.4 is 32.3 Å². The second kappa shape index (κ2) is 20.4. The molecule has 3 aromatic rings. The summed E-state index contributed by atoms with van der Waals surface area (Å²) in [6, 6.07) is 9.45. The molecular weight excluding hydrogens is 698 g/mol. The van der Waals surface area contributed by atoms with Crippen LogP contribution in [-0.4, -0.2) is 81.1 Å². The zero-order valence-electron chi connectivity index (χ0n) is 31.5. The van der Waals surface area contributed by atoms with Gasteiger partial charge in [0.2, 0.25) is 17.7 Å². The molecular formula is C37H53N9O8. The Kier molecular flexibility index (Phi) is 16.1. The lowest BCUT2D eigenvalue weighted by Crippen LogP contribution is -2.55. The molecule has 0 fully saturated rings. The van der Waals surface area contributed by atoms with Gasteiger partial charge in [0.1, 0.15) is 29.5 Å². The average Bonchev–Trinajstić information content (AvgIpc) is 3.53. The van der Waals surface area contributed by atoms with Crippen molar-refractivity contribution >= 4 is 30.0 Å². The fourth-order valence-electron chi connectivity index (χ4n) is 5.69. The number of carboxylic acid groups (broad SMARTS) is 1. The molecule has 0 bridgehead atoms. The average molecular weight is 752 g/mol. The molecule has 17 heteroatoms. The number of guanidine groups is 1. The molecule has 0 spiro atoms. The Morgan fingerprint density at radius 1 is 0.907 bits per heavy atom. The summed E-state index contributed by atoms with van der Waals surface area (Å²) in [5, 5.41) is 44.3. The number of rotatable bonds is 19. The maximum Gasteiger partial charge on any atom is 0.407 e. The number of nitrogens with zero attached hydrogens (tertiary/aromatic N) is 2. The maximum absolute atomic E-state index is 14.2. The van der Waals surface area contributed by atoms with Crippen LogP contribution in [0.1, 0.15) is 92.9 Å². The molecule has 54 heavy (non-hydrogen) atoms. The van der Waals surface area contributed by atoms with E-state index < -0.39 is 47.7 Å². The highest BCUT2D eigenvalue weighted by Crippen LogP contribution is 2.24. The van der Waals surface area contributed by atoms with E-state index in [0.717, 1.165) is 5.56 Å². The number of aromatic hydroxyl groups is 1. The number of aromatic nitrogens is 2. The number of phenols is 1. The molecule has 3 rings (SSSR count). The third-order valence-corrected chi connectivity index (χ3v) is 8.21. The van der Waals surface area contributed by atoms with Crippen molar-refractivity contribution in [3.05, 3.63) is 76.4 Å². The van der Waals surface area contributed by atoms with Gasteiger partial charge in [-0.1, -0.05) is 35.5 Å². The van der Waals surface area contributed by atoms with Crippen molar-refractivity contribution in [1.82, 2.24) is 36.7 Å². The van der Waals surface area contributed by atoms with Gasteiger partial charge in [-0.15, -0.1) is 0 Å². The van der Waals surface area contributed by atoms with Crippen LogP contribution in [0.5, 0.6) is 5.75 Å². The lowest BCUT2D eigenvalue weighted by molar-refractivity contribution is -0.130. The minimum atomic E-state index is -1.43. The van der Waals surface area contributed by atoms with Crippen LogP contribution in [0.2, 0.25) is 0 Å². The smallest absolute Gasteiger partial charge is 0.407 e. The lowest BCUT2D eigenvalue weighted by Gasteiger charge is -2.25. The molecule has 0 aliphatic heterocycles. The summed E-state index contributed by atoms with van der Waals surface area (Å²) < 4.78 is 10.9. The van der Waals surface area contributed by atoms with Gasteiger partial charge in [-0.3, -0.25) is 15.0 Å². The van der Waals surface area contributed by atoms with Crippen LogP contribution in [-0.2, 0) is 27.2 Å². The van der Waals surface area contributed by atoms with Gasteiger partial charge in [0.25, 0.3) is 0 Å². The largest absolute Gasteiger partial charge is 0.508 e. The summed E-state index contributed by atoms with van der Waals surface area (Å²) >= 11 is 0. The number of amides is 4. The van der Waals surface area contributed by atoms with Crippen molar-refractivity contribution in [2.45, 2.75) is 103 Å². The molecule has 2 aromatic carbocycles. The van der Waals surface area contributed by atoms with E-state index in [-0.39, 0.29) is 37.0 Å². The number of ether oxygens (including phenoxy) is 1. The Morgan fingerprint density at radius 2 is 1.56 bits per heavy atom. The monoisotopic (exact) mass is 751 g/mol. The standard InChI is InChI=1S/C37H53N9O8/c1-22-18-25(47)19-23(2)26(22)21-29(43-31(48)27(44-35(50)51)15-11-17-40-34(38)39)32(49)42-28(14-9-10-16-41-36(52)53-37(3,4)5)33-45-30(46-54-33)20-24-12-7-6-8-13-24/h6-8,12-13,18-19,27-29,44,47H,9-11,14-17,20-21H2,1-5H3,(H,41,52)(H,42,49)(H,43,48)(H,50,51)(H4,38,39,40)/t27-,28+,29-/m1/s1. The number of aryl methyl sites for hydroxylation is 2. The van der Waals surface area contributed by atoms with E-state index in [1.165, 1.54) is 0 Å². The molecule has 1 heterocycles. The Morgan fingerprint density at radius 3 is 2.19 bits per heavy atom. The van der Waals surface area contributed by atoms with Gasteiger partial charge in [0.05, 0.1) is 0 Å². The van der Waals surface area contributed by atoms with Crippen molar-refractivity contribution in [1.29, 1.82) is 5.41 Å². The zero-order valence-corrected chi connectivity index (χ0v) is 31.5. The van der Waals surface area contributed by atoms with E-state index in [2.05, 4.69) is 36.7 Å².